The minimum Gasteiger partial charge on any atom is -0.664 e. The van der Waals surface area contributed by atoms with Gasteiger partial charge in [0.2, 0.25) is 0 Å². The first kappa shape index (κ1) is 25.5. The SMILES string of the molecule is CN1CC1.C[N+](=O)[O-].C[N+](=O)[O-].[NH-]C(=O)c1ccccc1.[Y]. The van der Waals surface area contributed by atoms with Crippen molar-refractivity contribution in [2.24, 2.45) is 0 Å². The second kappa shape index (κ2) is 15.9. The van der Waals surface area contributed by atoms with E-state index in [9.17, 15) is 4.79 Å². The molecule has 1 N–H and O–H groups in total. The summed E-state index contributed by atoms with van der Waals surface area (Å²) in [6, 6.07) is 8.53. The number of nitrogens with zero attached hydrogens (tertiary/aromatic N) is 3. The van der Waals surface area contributed by atoms with Crippen LogP contribution in [0.3, 0.4) is 0 Å². The molecule has 0 bridgehead atoms. The maximum atomic E-state index is 10.3. The number of rotatable bonds is 1. The summed E-state index contributed by atoms with van der Waals surface area (Å²) in [7, 11) is 3.89. The third kappa shape index (κ3) is 31.1. The first-order chi connectivity index (χ1) is 9.66. The summed E-state index contributed by atoms with van der Waals surface area (Å²) in [6.45, 7) is 2.64. The Morgan fingerprint density at radius 3 is 1.50 bits per heavy atom. The second-order valence-corrected chi connectivity index (χ2v) is 3.88. The van der Waals surface area contributed by atoms with Crippen LogP contribution in [0.1, 0.15) is 10.4 Å². The van der Waals surface area contributed by atoms with Crippen molar-refractivity contribution in [2.75, 3.05) is 34.2 Å². The first-order valence-corrected chi connectivity index (χ1v) is 5.82. The van der Waals surface area contributed by atoms with Crippen molar-refractivity contribution in [1.29, 1.82) is 0 Å². The van der Waals surface area contributed by atoms with E-state index >= 15 is 0 Å². The van der Waals surface area contributed by atoms with Crippen LogP contribution in [0.15, 0.2) is 30.3 Å². The number of benzene rings is 1. The van der Waals surface area contributed by atoms with Gasteiger partial charge >= 0.3 is 0 Å². The molecular formula is C12H19N4O5Y-. The van der Waals surface area contributed by atoms with Gasteiger partial charge in [0.25, 0.3) is 0 Å². The molecule has 1 heterocycles. The summed E-state index contributed by atoms with van der Waals surface area (Å²) < 4.78 is 0. The molecule has 1 saturated heterocycles. The summed E-state index contributed by atoms with van der Waals surface area (Å²) in [6.07, 6.45) is 0. The minimum absolute atomic E-state index is 0. The largest absolute Gasteiger partial charge is 0.664 e. The number of amides is 1. The van der Waals surface area contributed by atoms with Gasteiger partial charge in [0.1, 0.15) is 0 Å². The summed E-state index contributed by atoms with van der Waals surface area (Å²) in [5.74, 6) is -0.629. The van der Waals surface area contributed by atoms with Gasteiger partial charge in [-0.2, -0.15) is 0 Å². The zero-order valence-corrected chi connectivity index (χ0v) is 15.6. The molecule has 121 valence electrons. The van der Waals surface area contributed by atoms with Crippen molar-refractivity contribution in [1.82, 2.24) is 4.90 Å². The van der Waals surface area contributed by atoms with Gasteiger partial charge in [0.05, 0.1) is 5.91 Å². The Balaban J connectivity index is -0.000000237. The number of carbonyl (C=O) groups excluding carboxylic acids is 1. The van der Waals surface area contributed by atoms with Crippen molar-refractivity contribution < 1.29 is 47.4 Å². The van der Waals surface area contributed by atoms with Crippen molar-refractivity contribution >= 4 is 5.91 Å². The predicted octanol–water partition coefficient (Wildman–Crippen LogP) is 1.59. The van der Waals surface area contributed by atoms with Crippen LogP contribution in [-0.4, -0.2) is 54.9 Å². The van der Waals surface area contributed by atoms with Gasteiger partial charge in [-0.15, -0.1) is 0 Å². The van der Waals surface area contributed by atoms with E-state index in [1.165, 1.54) is 13.1 Å². The topological polar surface area (TPSA) is 130 Å². The first-order valence-electron chi connectivity index (χ1n) is 5.82. The van der Waals surface area contributed by atoms with Gasteiger partial charge in [-0.05, 0) is 12.6 Å². The van der Waals surface area contributed by atoms with Gasteiger partial charge in [-0.1, -0.05) is 30.3 Å². The molecule has 0 aliphatic carbocycles. The van der Waals surface area contributed by atoms with Crippen molar-refractivity contribution in [3.05, 3.63) is 61.9 Å². The van der Waals surface area contributed by atoms with Gasteiger partial charge in [0.15, 0.2) is 14.1 Å². The van der Waals surface area contributed by atoms with E-state index in [1.54, 1.807) is 24.3 Å². The Labute approximate surface area is 154 Å². The quantitative estimate of drug-likeness (QED) is 0.408. The third-order valence-corrected chi connectivity index (χ3v) is 1.71. The van der Waals surface area contributed by atoms with Gasteiger partial charge < -0.3 is 15.4 Å². The molecule has 9 nitrogen and oxygen atoms in total. The zero-order chi connectivity index (χ0) is 16.8. The fourth-order valence-corrected chi connectivity index (χ4v) is 0.690. The number of nitrogens with one attached hydrogen (secondary N) is 1. The Morgan fingerprint density at radius 1 is 1.09 bits per heavy atom. The second-order valence-electron chi connectivity index (χ2n) is 3.88. The Hall–Kier alpha value is -1.45. The van der Waals surface area contributed by atoms with E-state index in [0.717, 1.165) is 14.1 Å². The number of likely N-dealkylation sites (N-methyl/N-ethyl adjacent to an activating group) is 1. The van der Waals surface area contributed by atoms with Crippen molar-refractivity contribution in [3.63, 3.8) is 0 Å². The average Bonchev–Trinajstić information content (AvgIpc) is 3.12. The van der Waals surface area contributed by atoms with Gasteiger partial charge in [0, 0.05) is 55.6 Å². The van der Waals surface area contributed by atoms with Crippen molar-refractivity contribution in [3.8, 4) is 0 Å². The smallest absolute Gasteiger partial charge is 0.194 e. The molecular weight excluding hydrogens is 369 g/mol. The molecule has 0 atom stereocenters. The average molecular weight is 388 g/mol. The molecule has 1 aliphatic rings. The fraction of sp³-hybridized carbons (Fsp3) is 0.417. The zero-order valence-electron chi connectivity index (χ0n) is 12.8. The van der Waals surface area contributed by atoms with Crippen LogP contribution in [0.2, 0.25) is 0 Å². The van der Waals surface area contributed by atoms with E-state index in [2.05, 4.69) is 11.9 Å². The predicted molar refractivity (Wildman–Crippen MR) is 78.4 cm³/mol. The van der Waals surface area contributed by atoms with E-state index in [0.29, 0.717) is 5.56 Å². The van der Waals surface area contributed by atoms with E-state index in [-0.39, 0.29) is 32.7 Å². The molecule has 10 heteroatoms. The third-order valence-electron chi connectivity index (χ3n) is 1.71. The van der Waals surface area contributed by atoms with Crippen LogP contribution >= 0.6 is 0 Å². The van der Waals surface area contributed by atoms with Gasteiger partial charge in [-0.25, -0.2) is 0 Å². The maximum absolute atomic E-state index is 10.3. The molecule has 1 aliphatic heterocycles. The molecule has 0 unspecified atom stereocenters. The minimum atomic E-state index is -0.629. The van der Waals surface area contributed by atoms with Crippen LogP contribution in [0.4, 0.5) is 0 Å². The van der Waals surface area contributed by atoms with Crippen LogP contribution in [0, 0.1) is 20.2 Å². The molecule has 22 heavy (non-hydrogen) atoms. The Bertz CT molecular complexity index is 420. The van der Waals surface area contributed by atoms with Crippen molar-refractivity contribution in [2.45, 2.75) is 0 Å². The summed E-state index contributed by atoms with van der Waals surface area (Å²) in [4.78, 5) is 29.2. The molecule has 1 aromatic rings. The van der Waals surface area contributed by atoms with Crippen LogP contribution in [0.25, 0.3) is 5.73 Å². The molecule has 1 fully saturated rings. The van der Waals surface area contributed by atoms with Crippen LogP contribution < -0.4 is 0 Å². The van der Waals surface area contributed by atoms with E-state index in [1.807, 2.05) is 6.07 Å². The number of carbonyl (C=O) groups is 1. The summed E-state index contributed by atoms with van der Waals surface area (Å²) in [5.41, 5.74) is 7.12. The molecule has 1 aromatic carbocycles. The molecule has 0 aromatic heterocycles. The molecule has 1 radical (unpaired) electrons. The number of hydrogen-bond donors (Lipinski definition) is 0. The Kier molecular flexibility index (Phi) is 18.5. The molecule has 0 saturated carbocycles. The maximum Gasteiger partial charge on any atom is 0.194 e. The fourth-order valence-electron chi connectivity index (χ4n) is 0.690. The molecule has 1 amide bonds. The van der Waals surface area contributed by atoms with Crippen LogP contribution in [-0.2, 0) is 32.7 Å². The summed E-state index contributed by atoms with van der Waals surface area (Å²) in [5, 5.41) is 17.6. The van der Waals surface area contributed by atoms with Crippen LogP contribution in [0.5, 0.6) is 0 Å². The normalized spacial score (nSPS) is 10.7. The monoisotopic (exact) mass is 388 g/mol. The molecule has 2 rings (SSSR count). The standard InChI is InChI=1S/C7H7NO.C3H7N.2CH3NO2.Y/c8-7(9)6-4-2-1-3-5-6;1-4-2-3-4;2*1-2(3)4;/h1-5H,(H2,8,9);2-3H2,1H3;2*1H3;/p-1. The Morgan fingerprint density at radius 2 is 1.36 bits per heavy atom. The number of nitro groups is 2. The van der Waals surface area contributed by atoms with E-state index < -0.39 is 15.8 Å². The summed E-state index contributed by atoms with van der Waals surface area (Å²) >= 11 is 0. The van der Waals surface area contributed by atoms with E-state index in [4.69, 9.17) is 26.0 Å². The van der Waals surface area contributed by atoms with Gasteiger partial charge in [-0.3, -0.25) is 20.2 Å². The molecule has 0 spiro atoms. The number of hydrogen-bond acceptors (Lipinski definition) is 6.